The molecular weight excluding hydrogens is 276 g/mol. The first kappa shape index (κ1) is 15.8. The second-order valence-electron chi connectivity index (χ2n) is 5.24. The monoisotopic (exact) mass is 296 g/mol. The summed E-state index contributed by atoms with van der Waals surface area (Å²) in [4.78, 5) is 23.2. The molecule has 2 rings (SSSR count). The van der Waals surface area contributed by atoms with Crippen LogP contribution < -0.4 is 10.6 Å². The van der Waals surface area contributed by atoms with Crippen molar-refractivity contribution in [2.24, 2.45) is 0 Å². The molecule has 0 radical (unpaired) electrons. The summed E-state index contributed by atoms with van der Waals surface area (Å²) in [6.45, 7) is 3.37. The number of aryl methyl sites for hydroxylation is 2. The van der Waals surface area contributed by atoms with Gasteiger partial charge >= 0.3 is 0 Å². The maximum Gasteiger partial charge on any atom is 0.224 e. The van der Waals surface area contributed by atoms with Crippen LogP contribution in [0.5, 0.6) is 0 Å². The lowest BCUT2D eigenvalue weighted by Crippen LogP contribution is -2.13. The van der Waals surface area contributed by atoms with Crippen LogP contribution >= 0.6 is 0 Å². The summed E-state index contributed by atoms with van der Waals surface area (Å²) in [6.07, 6.45) is 1.13. The number of hydrogen-bond acceptors (Lipinski definition) is 2. The maximum absolute atomic E-state index is 12.0. The number of nitrogens with one attached hydrogen (secondary N) is 2. The largest absolute Gasteiger partial charge is 0.326 e. The highest BCUT2D eigenvalue weighted by atomic mass is 16.2. The Balaban J connectivity index is 1.95. The van der Waals surface area contributed by atoms with Crippen LogP contribution in [0.15, 0.2) is 48.5 Å². The Hall–Kier alpha value is -2.62. The van der Waals surface area contributed by atoms with E-state index in [0.29, 0.717) is 24.2 Å². The average molecular weight is 296 g/mol. The molecule has 0 spiro atoms. The van der Waals surface area contributed by atoms with E-state index >= 15 is 0 Å². The topological polar surface area (TPSA) is 58.2 Å². The van der Waals surface area contributed by atoms with E-state index in [4.69, 9.17) is 0 Å². The fraction of sp³-hybridized carbons (Fsp3) is 0.222. The van der Waals surface area contributed by atoms with Crippen molar-refractivity contribution >= 4 is 23.2 Å². The Morgan fingerprint density at radius 2 is 1.73 bits per heavy atom. The second-order valence-corrected chi connectivity index (χ2v) is 5.24. The van der Waals surface area contributed by atoms with Crippen molar-refractivity contribution in [3.8, 4) is 0 Å². The summed E-state index contributed by atoms with van der Waals surface area (Å²) < 4.78 is 0. The Morgan fingerprint density at radius 3 is 2.41 bits per heavy atom. The maximum atomic E-state index is 12.0. The summed E-state index contributed by atoms with van der Waals surface area (Å²) in [5.74, 6) is -0.169. The summed E-state index contributed by atoms with van der Waals surface area (Å²) in [6, 6.07) is 15.4. The molecule has 2 aromatic carbocycles. The van der Waals surface area contributed by atoms with Crippen LogP contribution in [0.1, 0.15) is 24.5 Å². The molecule has 0 heterocycles. The minimum Gasteiger partial charge on any atom is -0.326 e. The van der Waals surface area contributed by atoms with Crippen molar-refractivity contribution in [1.29, 1.82) is 0 Å². The molecule has 2 amide bonds. The molecule has 0 aromatic heterocycles. The molecule has 4 heteroatoms. The molecule has 0 aliphatic carbocycles. The zero-order valence-electron chi connectivity index (χ0n) is 12.8. The number of rotatable bonds is 5. The fourth-order valence-electron chi connectivity index (χ4n) is 2.15. The van der Waals surface area contributed by atoms with E-state index in [1.165, 1.54) is 6.92 Å². The average Bonchev–Trinajstić information content (AvgIpc) is 2.49. The van der Waals surface area contributed by atoms with E-state index in [0.717, 1.165) is 11.1 Å². The SMILES string of the molecule is CC(=O)Nc1cc(NC(=O)CCc2ccccc2)ccc1C. The van der Waals surface area contributed by atoms with E-state index in [1.807, 2.05) is 49.4 Å². The molecule has 2 N–H and O–H groups in total. The van der Waals surface area contributed by atoms with Gasteiger partial charge in [0, 0.05) is 24.7 Å². The highest BCUT2D eigenvalue weighted by Crippen LogP contribution is 2.20. The van der Waals surface area contributed by atoms with Gasteiger partial charge in [-0.1, -0.05) is 36.4 Å². The van der Waals surface area contributed by atoms with E-state index in [9.17, 15) is 9.59 Å². The van der Waals surface area contributed by atoms with Gasteiger partial charge in [0.1, 0.15) is 0 Å². The highest BCUT2D eigenvalue weighted by Gasteiger charge is 2.06. The predicted molar refractivity (Wildman–Crippen MR) is 88.9 cm³/mol. The van der Waals surface area contributed by atoms with Crippen molar-refractivity contribution in [1.82, 2.24) is 0 Å². The summed E-state index contributed by atoms with van der Waals surface area (Å²) in [5, 5.41) is 5.62. The number of amides is 2. The summed E-state index contributed by atoms with van der Waals surface area (Å²) in [7, 11) is 0. The van der Waals surface area contributed by atoms with Crippen LogP contribution in [-0.4, -0.2) is 11.8 Å². The van der Waals surface area contributed by atoms with Gasteiger partial charge in [-0.2, -0.15) is 0 Å². The molecule has 2 aromatic rings. The zero-order chi connectivity index (χ0) is 15.9. The van der Waals surface area contributed by atoms with Gasteiger partial charge in [0.15, 0.2) is 0 Å². The third-order valence-corrected chi connectivity index (χ3v) is 3.32. The first-order chi connectivity index (χ1) is 10.5. The van der Waals surface area contributed by atoms with Gasteiger partial charge in [-0.3, -0.25) is 9.59 Å². The molecule has 0 saturated heterocycles. The Labute approximate surface area is 130 Å². The summed E-state index contributed by atoms with van der Waals surface area (Å²) in [5.41, 5.74) is 3.50. The highest BCUT2D eigenvalue weighted by molar-refractivity contribution is 5.94. The number of hydrogen-bond donors (Lipinski definition) is 2. The molecule has 0 aliphatic heterocycles. The minimum atomic E-state index is -0.129. The second kappa shape index (κ2) is 7.41. The van der Waals surface area contributed by atoms with E-state index < -0.39 is 0 Å². The van der Waals surface area contributed by atoms with Crippen LogP contribution in [0, 0.1) is 6.92 Å². The molecule has 22 heavy (non-hydrogen) atoms. The Morgan fingerprint density at radius 1 is 1.00 bits per heavy atom. The van der Waals surface area contributed by atoms with Crippen molar-refractivity contribution in [3.05, 3.63) is 59.7 Å². The quantitative estimate of drug-likeness (QED) is 0.887. The Bertz CT molecular complexity index is 666. The molecular formula is C18H20N2O2. The van der Waals surface area contributed by atoms with Gasteiger partial charge in [0.25, 0.3) is 0 Å². The standard InChI is InChI=1S/C18H20N2O2/c1-13-8-10-16(12-17(13)19-14(2)21)20-18(22)11-9-15-6-4-3-5-7-15/h3-8,10,12H,9,11H2,1-2H3,(H,19,21)(H,20,22). The summed E-state index contributed by atoms with van der Waals surface area (Å²) >= 11 is 0. The van der Waals surface area contributed by atoms with E-state index in [2.05, 4.69) is 10.6 Å². The van der Waals surface area contributed by atoms with Gasteiger partial charge in [-0.15, -0.1) is 0 Å². The molecule has 4 nitrogen and oxygen atoms in total. The zero-order valence-corrected chi connectivity index (χ0v) is 12.8. The van der Waals surface area contributed by atoms with E-state index in [-0.39, 0.29) is 11.8 Å². The van der Waals surface area contributed by atoms with Gasteiger partial charge in [0.2, 0.25) is 11.8 Å². The van der Waals surface area contributed by atoms with Gasteiger partial charge in [-0.25, -0.2) is 0 Å². The van der Waals surface area contributed by atoms with Crippen molar-refractivity contribution in [2.45, 2.75) is 26.7 Å². The number of carbonyl (C=O) groups is 2. The predicted octanol–water partition coefficient (Wildman–Crippen LogP) is 3.52. The Kier molecular flexibility index (Phi) is 5.31. The lowest BCUT2D eigenvalue weighted by atomic mass is 10.1. The fourth-order valence-corrected chi connectivity index (χ4v) is 2.15. The first-order valence-corrected chi connectivity index (χ1v) is 7.26. The number of anilines is 2. The number of benzene rings is 2. The van der Waals surface area contributed by atoms with Crippen LogP contribution in [0.2, 0.25) is 0 Å². The van der Waals surface area contributed by atoms with Crippen LogP contribution in [0.4, 0.5) is 11.4 Å². The van der Waals surface area contributed by atoms with Crippen LogP contribution in [0.25, 0.3) is 0 Å². The third kappa shape index (κ3) is 4.74. The lowest BCUT2D eigenvalue weighted by Gasteiger charge is -2.10. The molecule has 0 fully saturated rings. The van der Waals surface area contributed by atoms with Crippen LogP contribution in [0.3, 0.4) is 0 Å². The molecule has 114 valence electrons. The minimum absolute atomic E-state index is 0.0403. The molecule has 0 unspecified atom stereocenters. The molecule has 0 saturated carbocycles. The van der Waals surface area contributed by atoms with Crippen LogP contribution in [-0.2, 0) is 16.0 Å². The third-order valence-electron chi connectivity index (χ3n) is 3.32. The first-order valence-electron chi connectivity index (χ1n) is 7.26. The normalized spacial score (nSPS) is 10.1. The molecule has 0 atom stereocenters. The lowest BCUT2D eigenvalue weighted by molar-refractivity contribution is -0.116. The van der Waals surface area contributed by atoms with Crippen molar-refractivity contribution in [2.75, 3.05) is 10.6 Å². The number of carbonyl (C=O) groups excluding carboxylic acids is 2. The van der Waals surface area contributed by atoms with Crippen molar-refractivity contribution < 1.29 is 9.59 Å². The molecule has 0 aliphatic rings. The molecule has 0 bridgehead atoms. The smallest absolute Gasteiger partial charge is 0.224 e. The van der Waals surface area contributed by atoms with Gasteiger partial charge in [0.05, 0.1) is 0 Å². The van der Waals surface area contributed by atoms with Crippen molar-refractivity contribution in [3.63, 3.8) is 0 Å². The van der Waals surface area contributed by atoms with Gasteiger partial charge in [-0.05, 0) is 36.6 Å². The van der Waals surface area contributed by atoms with Gasteiger partial charge < -0.3 is 10.6 Å². The van der Waals surface area contributed by atoms with E-state index in [1.54, 1.807) is 6.07 Å².